The third-order valence-corrected chi connectivity index (χ3v) is 8.62. The number of methoxy groups -OCH3 is 2. The fourth-order valence-electron chi connectivity index (χ4n) is 6.27. The molecule has 0 saturated carbocycles. The Labute approximate surface area is 246 Å². The summed E-state index contributed by atoms with van der Waals surface area (Å²) in [5, 5.41) is 0. The molecule has 10 heteroatoms. The number of hydrogen-bond acceptors (Lipinski definition) is 8. The Hall–Kier alpha value is -3.76. The van der Waals surface area contributed by atoms with Crippen LogP contribution in [0.2, 0.25) is 0 Å². The van der Waals surface area contributed by atoms with Crippen molar-refractivity contribution in [3.05, 3.63) is 47.5 Å². The first kappa shape index (κ1) is 28.4. The topological polar surface area (TPSA) is 102 Å². The monoisotopic (exact) mass is 574 g/mol. The van der Waals surface area contributed by atoms with Gasteiger partial charge in [-0.05, 0) is 49.9 Å². The number of amides is 2. The third kappa shape index (κ3) is 5.65. The van der Waals surface area contributed by atoms with Crippen LogP contribution in [-0.2, 0) is 9.47 Å². The van der Waals surface area contributed by atoms with Gasteiger partial charge in [0.05, 0.1) is 61.0 Å². The lowest BCUT2D eigenvalue weighted by atomic mass is 10.1. The first-order valence-corrected chi connectivity index (χ1v) is 14.9. The third-order valence-electron chi connectivity index (χ3n) is 8.62. The lowest BCUT2D eigenvalue weighted by Gasteiger charge is -2.24. The number of aliphatic imine (C=N–C) groups is 2. The minimum atomic E-state index is -0.149. The molecule has 2 aromatic rings. The molecule has 6 rings (SSSR count). The minimum Gasteiger partial charge on any atom is -0.497 e. The van der Waals surface area contributed by atoms with E-state index in [0.717, 1.165) is 38.5 Å². The van der Waals surface area contributed by atoms with Crippen LogP contribution in [0, 0.1) is 0 Å². The molecule has 4 heterocycles. The summed E-state index contributed by atoms with van der Waals surface area (Å²) in [6.45, 7) is 2.64. The number of benzene rings is 2. The maximum absolute atomic E-state index is 13.1. The van der Waals surface area contributed by atoms with Crippen molar-refractivity contribution < 1.29 is 28.5 Å². The lowest BCUT2D eigenvalue weighted by Crippen LogP contribution is -2.40. The van der Waals surface area contributed by atoms with Gasteiger partial charge in [-0.3, -0.25) is 19.6 Å². The van der Waals surface area contributed by atoms with E-state index in [-0.39, 0.29) is 36.1 Å². The van der Waals surface area contributed by atoms with Gasteiger partial charge in [0.15, 0.2) is 0 Å². The van der Waals surface area contributed by atoms with Gasteiger partial charge in [0.1, 0.15) is 11.5 Å². The second kappa shape index (κ2) is 12.6. The summed E-state index contributed by atoms with van der Waals surface area (Å²) in [6.07, 6.45) is 9.23. The van der Waals surface area contributed by atoms with Crippen LogP contribution in [0.1, 0.15) is 59.2 Å². The van der Waals surface area contributed by atoms with Gasteiger partial charge in [-0.15, -0.1) is 0 Å². The van der Waals surface area contributed by atoms with Crippen LogP contribution in [0.4, 0.5) is 11.4 Å². The summed E-state index contributed by atoms with van der Waals surface area (Å²) in [7, 11) is 3.21. The smallest absolute Gasteiger partial charge is 0.256 e. The van der Waals surface area contributed by atoms with Gasteiger partial charge >= 0.3 is 0 Å². The van der Waals surface area contributed by atoms with Gasteiger partial charge in [-0.25, -0.2) is 0 Å². The van der Waals surface area contributed by atoms with Crippen molar-refractivity contribution >= 4 is 35.6 Å². The molecule has 0 aromatic heterocycles. The zero-order valence-electron chi connectivity index (χ0n) is 24.2. The van der Waals surface area contributed by atoms with Crippen molar-refractivity contribution in [2.45, 2.75) is 62.8 Å². The van der Waals surface area contributed by atoms with E-state index >= 15 is 0 Å². The van der Waals surface area contributed by atoms with Crippen molar-refractivity contribution in [3.63, 3.8) is 0 Å². The molecule has 4 aliphatic rings. The molecular weight excluding hydrogens is 536 g/mol. The number of hydrogen-bond donors (Lipinski definition) is 0. The van der Waals surface area contributed by atoms with E-state index in [1.54, 1.807) is 50.6 Å². The molecule has 10 nitrogen and oxygen atoms in total. The summed E-state index contributed by atoms with van der Waals surface area (Å²) in [6, 6.07) is 10.5. The van der Waals surface area contributed by atoms with Crippen LogP contribution in [-0.4, -0.2) is 98.9 Å². The fourth-order valence-corrected chi connectivity index (χ4v) is 6.27. The van der Waals surface area contributed by atoms with Crippen LogP contribution < -0.4 is 9.47 Å². The summed E-state index contributed by atoms with van der Waals surface area (Å²) in [5.41, 5.74) is 2.49. The van der Waals surface area contributed by atoms with Crippen molar-refractivity contribution in [2.75, 3.05) is 40.5 Å². The molecule has 42 heavy (non-hydrogen) atoms. The Balaban J connectivity index is 0.910. The molecule has 0 bridgehead atoms. The van der Waals surface area contributed by atoms with Gasteiger partial charge in [0, 0.05) is 50.9 Å². The highest BCUT2D eigenvalue weighted by molar-refractivity contribution is 6.04. The normalized spacial score (nSPS) is 24.1. The minimum absolute atomic E-state index is 0.00380. The van der Waals surface area contributed by atoms with Crippen molar-refractivity contribution in [3.8, 4) is 11.5 Å². The number of rotatable bonds is 11. The quantitative estimate of drug-likeness (QED) is 0.364. The van der Waals surface area contributed by atoms with Crippen LogP contribution in [0.5, 0.6) is 11.5 Å². The molecule has 0 spiro atoms. The standard InChI is InChI=1S/C32H38N4O6/c1-39-21-7-9-23-25(17-21)33-19-27-29(11-13-35(27)31(23)37)41-15-5-3-4-6-16-42-30-12-14-36-28(30)20-34-26-18-22(40-2)8-10-24(26)32(36)38/h7-10,17-20,27-30H,3-6,11-16H2,1-2H3/t27-,28-,29?,30?/m1/s1. The van der Waals surface area contributed by atoms with Crippen molar-refractivity contribution in [1.29, 1.82) is 0 Å². The molecule has 2 unspecified atom stereocenters. The first-order chi connectivity index (χ1) is 20.6. The Kier molecular flexibility index (Phi) is 8.53. The molecule has 0 N–H and O–H groups in total. The van der Waals surface area contributed by atoms with Gasteiger partial charge < -0.3 is 28.7 Å². The van der Waals surface area contributed by atoms with E-state index in [0.29, 0.717) is 60.3 Å². The Morgan fingerprint density at radius 2 is 1.14 bits per heavy atom. The van der Waals surface area contributed by atoms with Crippen molar-refractivity contribution in [1.82, 2.24) is 9.80 Å². The lowest BCUT2D eigenvalue weighted by molar-refractivity contribution is 0.0359. The van der Waals surface area contributed by atoms with E-state index in [4.69, 9.17) is 18.9 Å². The number of unbranched alkanes of at least 4 members (excludes halogenated alkanes) is 3. The molecule has 2 aromatic carbocycles. The molecule has 4 aliphatic heterocycles. The Morgan fingerprint density at radius 3 is 1.57 bits per heavy atom. The molecular formula is C32H38N4O6. The van der Waals surface area contributed by atoms with Gasteiger partial charge in [-0.1, -0.05) is 12.8 Å². The number of carbonyl (C=O) groups excluding carboxylic acids is 2. The van der Waals surface area contributed by atoms with Crippen molar-refractivity contribution in [2.24, 2.45) is 9.98 Å². The first-order valence-electron chi connectivity index (χ1n) is 14.9. The van der Waals surface area contributed by atoms with E-state index in [2.05, 4.69) is 9.98 Å². The molecule has 222 valence electrons. The van der Waals surface area contributed by atoms with Gasteiger partial charge in [0.2, 0.25) is 0 Å². The second-order valence-corrected chi connectivity index (χ2v) is 11.1. The van der Waals surface area contributed by atoms with Crippen LogP contribution in [0.25, 0.3) is 0 Å². The average Bonchev–Trinajstić information content (AvgIpc) is 3.55. The largest absolute Gasteiger partial charge is 0.497 e. The maximum Gasteiger partial charge on any atom is 0.256 e. The number of ether oxygens (including phenoxy) is 4. The summed E-state index contributed by atoms with van der Waals surface area (Å²) in [4.78, 5) is 39.2. The zero-order chi connectivity index (χ0) is 29.1. The van der Waals surface area contributed by atoms with Gasteiger partial charge in [-0.2, -0.15) is 0 Å². The highest BCUT2D eigenvalue weighted by atomic mass is 16.5. The highest BCUT2D eigenvalue weighted by Gasteiger charge is 2.40. The molecule has 0 radical (unpaired) electrons. The molecule has 2 fully saturated rings. The molecule has 4 atom stereocenters. The SMILES string of the molecule is COc1ccc2c(c1)N=C[C@@H]1C(OCCCCCCOC3CCN4C(=O)c5ccc(OC)cc5N=C[C@H]34)CCN1C2=O. The highest BCUT2D eigenvalue weighted by Crippen LogP contribution is 2.34. The van der Waals surface area contributed by atoms with E-state index in [1.807, 2.05) is 22.2 Å². The Bertz CT molecular complexity index is 1270. The predicted octanol–water partition coefficient (Wildman–Crippen LogP) is 4.60. The number of carbonyl (C=O) groups is 2. The average molecular weight is 575 g/mol. The van der Waals surface area contributed by atoms with Crippen LogP contribution in [0.15, 0.2) is 46.4 Å². The fraction of sp³-hybridized carbons (Fsp3) is 0.500. The number of nitrogens with zero attached hydrogens (tertiary/aromatic N) is 4. The summed E-state index contributed by atoms with van der Waals surface area (Å²) in [5.74, 6) is 1.36. The summed E-state index contributed by atoms with van der Waals surface area (Å²) < 4.78 is 23.0. The molecule has 2 amide bonds. The summed E-state index contributed by atoms with van der Waals surface area (Å²) >= 11 is 0. The van der Waals surface area contributed by atoms with Crippen LogP contribution in [0.3, 0.4) is 0 Å². The molecule has 2 saturated heterocycles. The second-order valence-electron chi connectivity index (χ2n) is 11.1. The van der Waals surface area contributed by atoms with Gasteiger partial charge in [0.25, 0.3) is 11.8 Å². The van der Waals surface area contributed by atoms with E-state index in [9.17, 15) is 9.59 Å². The van der Waals surface area contributed by atoms with E-state index < -0.39 is 0 Å². The number of fused-ring (bicyclic) bond motifs is 4. The maximum atomic E-state index is 13.1. The zero-order valence-corrected chi connectivity index (χ0v) is 24.2. The van der Waals surface area contributed by atoms with E-state index in [1.165, 1.54) is 0 Å². The predicted molar refractivity (Wildman–Crippen MR) is 159 cm³/mol. The van der Waals surface area contributed by atoms with Crippen LogP contribution >= 0.6 is 0 Å². The Morgan fingerprint density at radius 1 is 0.690 bits per heavy atom. The molecule has 0 aliphatic carbocycles.